The third-order valence-electron chi connectivity index (χ3n) is 3.73. The quantitative estimate of drug-likeness (QED) is 0.790. The van der Waals surface area contributed by atoms with E-state index in [2.05, 4.69) is 18.2 Å². The Hall–Kier alpha value is -2.15. The maximum Gasteiger partial charge on any atom is 0.203 e. The Kier molecular flexibility index (Phi) is 4.52. The number of ether oxygens (including phenoxy) is 3. The molecule has 0 fully saturated rings. The van der Waals surface area contributed by atoms with E-state index < -0.39 is 0 Å². The molecule has 4 heteroatoms. The summed E-state index contributed by atoms with van der Waals surface area (Å²) < 4.78 is 16.2. The van der Waals surface area contributed by atoms with Gasteiger partial charge in [-0.15, -0.1) is 0 Å². The number of nitriles is 1. The molecule has 0 spiro atoms. The summed E-state index contributed by atoms with van der Waals surface area (Å²) >= 11 is 0. The number of nitrogens with zero attached hydrogens (tertiary/aromatic N) is 1. The molecule has 0 saturated carbocycles. The smallest absolute Gasteiger partial charge is 0.203 e. The first-order valence-electron chi connectivity index (χ1n) is 6.60. The van der Waals surface area contributed by atoms with Gasteiger partial charge in [0.2, 0.25) is 5.75 Å². The van der Waals surface area contributed by atoms with Gasteiger partial charge in [0.05, 0.1) is 33.3 Å². The number of methoxy groups -OCH3 is 3. The predicted molar refractivity (Wildman–Crippen MR) is 76.3 cm³/mol. The summed E-state index contributed by atoms with van der Waals surface area (Å²) in [7, 11) is 4.80. The fraction of sp³-hybridized carbons (Fsp3) is 0.438. The van der Waals surface area contributed by atoms with E-state index in [-0.39, 0.29) is 11.8 Å². The van der Waals surface area contributed by atoms with Gasteiger partial charge in [0.15, 0.2) is 11.5 Å². The van der Waals surface area contributed by atoms with Crippen molar-refractivity contribution in [2.75, 3.05) is 21.3 Å². The third-order valence-corrected chi connectivity index (χ3v) is 3.73. The van der Waals surface area contributed by atoms with Crippen LogP contribution >= 0.6 is 0 Å². The Balaban J connectivity index is 2.51. The Morgan fingerprint density at radius 1 is 1.00 bits per heavy atom. The van der Waals surface area contributed by atoms with E-state index in [4.69, 9.17) is 14.2 Å². The van der Waals surface area contributed by atoms with E-state index in [1.165, 1.54) is 0 Å². The lowest BCUT2D eigenvalue weighted by Gasteiger charge is -2.26. The second-order valence-corrected chi connectivity index (χ2v) is 4.71. The lowest BCUT2D eigenvalue weighted by atomic mass is 9.79. The summed E-state index contributed by atoms with van der Waals surface area (Å²) in [6.45, 7) is 0. The number of benzene rings is 1. The molecule has 0 aromatic heterocycles. The van der Waals surface area contributed by atoms with Crippen LogP contribution in [0.25, 0.3) is 0 Å². The van der Waals surface area contributed by atoms with Crippen LogP contribution in [-0.2, 0) is 0 Å². The van der Waals surface area contributed by atoms with Gasteiger partial charge in [0.1, 0.15) is 0 Å². The minimum Gasteiger partial charge on any atom is -0.493 e. The molecular weight excluding hydrogens is 254 g/mol. The molecule has 4 nitrogen and oxygen atoms in total. The maximum absolute atomic E-state index is 9.33. The monoisotopic (exact) mass is 273 g/mol. The van der Waals surface area contributed by atoms with Gasteiger partial charge < -0.3 is 14.2 Å². The van der Waals surface area contributed by atoms with Crippen molar-refractivity contribution in [1.82, 2.24) is 0 Å². The Bertz CT molecular complexity index is 545. The molecule has 0 unspecified atom stereocenters. The SMILES string of the molecule is COc1ccc([C@H]2CC=CC[C@H]2C#N)c(OC)c1OC. The van der Waals surface area contributed by atoms with Crippen molar-refractivity contribution in [2.45, 2.75) is 18.8 Å². The molecule has 0 bridgehead atoms. The second-order valence-electron chi connectivity index (χ2n) is 4.71. The molecule has 106 valence electrons. The van der Waals surface area contributed by atoms with Gasteiger partial charge in [-0.1, -0.05) is 18.2 Å². The van der Waals surface area contributed by atoms with Crippen LogP contribution in [0.2, 0.25) is 0 Å². The van der Waals surface area contributed by atoms with Crippen molar-refractivity contribution in [2.24, 2.45) is 5.92 Å². The molecule has 20 heavy (non-hydrogen) atoms. The van der Waals surface area contributed by atoms with Gasteiger partial charge in [-0.05, 0) is 18.9 Å². The first-order valence-corrected chi connectivity index (χ1v) is 6.60. The first kappa shape index (κ1) is 14.3. The van der Waals surface area contributed by atoms with Gasteiger partial charge in [0.25, 0.3) is 0 Å². The van der Waals surface area contributed by atoms with Crippen LogP contribution in [0.4, 0.5) is 0 Å². The van der Waals surface area contributed by atoms with Gasteiger partial charge in [-0.25, -0.2) is 0 Å². The highest BCUT2D eigenvalue weighted by Crippen LogP contribution is 2.46. The van der Waals surface area contributed by atoms with Crippen LogP contribution in [0.5, 0.6) is 17.2 Å². The highest BCUT2D eigenvalue weighted by atomic mass is 16.5. The first-order chi connectivity index (χ1) is 9.76. The standard InChI is InChI=1S/C16H19NO3/c1-18-14-9-8-13(15(19-2)16(14)20-3)12-7-5-4-6-11(12)10-17/h4-5,8-9,11-12H,6-7H2,1-3H3/t11-,12-/m0/s1. The van der Waals surface area contributed by atoms with E-state index in [0.717, 1.165) is 18.4 Å². The van der Waals surface area contributed by atoms with Gasteiger partial charge >= 0.3 is 0 Å². The summed E-state index contributed by atoms with van der Waals surface area (Å²) in [5.41, 5.74) is 1.00. The minimum absolute atomic E-state index is 0.0352. The molecule has 1 aliphatic rings. The van der Waals surface area contributed by atoms with Crippen LogP contribution in [-0.4, -0.2) is 21.3 Å². The topological polar surface area (TPSA) is 51.5 Å². The van der Waals surface area contributed by atoms with Crippen molar-refractivity contribution in [3.8, 4) is 23.3 Å². The minimum atomic E-state index is -0.0352. The molecule has 0 amide bonds. The Morgan fingerprint density at radius 3 is 2.30 bits per heavy atom. The molecule has 0 aliphatic heterocycles. The number of hydrogen-bond acceptors (Lipinski definition) is 4. The number of hydrogen-bond donors (Lipinski definition) is 0. The zero-order chi connectivity index (χ0) is 14.5. The van der Waals surface area contributed by atoms with Gasteiger partial charge in [-0.3, -0.25) is 0 Å². The van der Waals surface area contributed by atoms with Crippen LogP contribution in [0.15, 0.2) is 24.3 Å². The Labute approximate surface area is 119 Å². The van der Waals surface area contributed by atoms with Crippen LogP contribution in [0.3, 0.4) is 0 Å². The molecule has 1 aromatic rings. The normalized spacial score (nSPS) is 21.1. The average Bonchev–Trinajstić information content (AvgIpc) is 2.53. The Morgan fingerprint density at radius 2 is 1.70 bits per heavy atom. The van der Waals surface area contributed by atoms with Crippen LogP contribution in [0, 0.1) is 17.2 Å². The molecular formula is C16H19NO3. The molecule has 1 aromatic carbocycles. The molecule has 2 atom stereocenters. The second kappa shape index (κ2) is 6.33. The van der Waals surface area contributed by atoms with E-state index in [9.17, 15) is 5.26 Å². The van der Waals surface area contributed by atoms with Crippen molar-refractivity contribution in [1.29, 1.82) is 5.26 Å². The molecule has 0 heterocycles. The number of allylic oxidation sites excluding steroid dienone is 2. The van der Waals surface area contributed by atoms with E-state index >= 15 is 0 Å². The molecule has 2 rings (SSSR count). The van der Waals surface area contributed by atoms with Crippen molar-refractivity contribution in [3.05, 3.63) is 29.8 Å². The predicted octanol–water partition coefficient (Wildman–Crippen LogP) is 3.29. The highest BCUT2D eigenvalue weighted by Gasteiger charge is 2.29. The zero-order valence-electron chi connectivity index (χ0n) is 12.1. The fourth-order valence-corrected chi connectivity index (χ4v) is 2.72. The summed E-state index contributed by atoms with van der Waals surface area (Å²) in [4.78, 5) is 0. The molecule has 0 saturated heterocycles. The van der Waals surface area contributed by atoms with E-state index in [1.54, 1.807) is 21.3 Å². The van der Waals surface area contributed by atoms with Crippen molar-refractivity contribution >= 4 is 0 Å². The summed E-state index contributed by atoms with van der Waals surface area (Å²) in [6.07, 6.45) is 5.80. The summed E-state index contributed by atoms with van der Waals surface area (Å²) in [5, 5.41) is 9.33. The van der Waals surface area contributed by atoms with Gasteiger partial charge in [0, 0.05) is 11.5 Å². The summed E-state index contributed by atoms with van der Waals surface area (Å²) in [5.74, 6) is 1.96. The highest BCUT2D eigenvalue weighted by molar-refractivity contribution is 5.57. The van der Waals surface area contributed by atoms with Crippen LogP contribution in [0.1, 0.15) is 24.3 Å². The van der Waals surface area contributed by atoms with E-state index in [1.807, 2.05) is 12.1 Å². The van der Waals surface area contributed by atoms with E-state index in [0.29, 0.717) is 17.2 Å². The van der Waals surface area contributed by atoms with Crippen molar-refractivity contribution in [3.63, 3.8) is 0 Å². The average molecular weight is 273 g/mol. The molecule has 0 radical (unpaired) electrons. The number of rotatable bonds is 4. The fourth-order valence-electron chi connectivity index (χ4n) is 2.72. The van der Waals surface area contributed by atoms with Gasteiger partial charge in [-0.2, -0.15) is 5.26 Å². The third kappa shape index (κ3) is 2.44. The lowest BCUT2D eigenvalue weighted by molar-refractivity contribution is 0.318. The molecule has 1 aliphatic carbocycles. The maximum atomic E-state index is 9.33. The largest absolute Gasteiger partial charge is 0.493 e. The summed E-state index contributed by atoms with van der Waals surface area (Å²) in [6, 6.07) is 6.22. The molecule has 0 N–H and O–H groups in total. The van der Waals surface area contributed by atoms with Crippen molar-refractivity contribution < 1.29 is 14.2 Å². The zero-order valence-corrected chi connectivity index (χ0v) is 12.1. The van der Waals surface area contributed by atoms with Crippen LogP contribution < -0.4 is 14.2 Å². The lowest BCUT2D eigenvalue weighted by Crippen LogP contribution is -2.14.